The number of carbonyl (C=O) groups excluding carboxylic acids is 1. The average Bonchev–Trinajstić information content (AvgIpc) is 2.40. The van der Waals surface area contributed by atoms with Crippen molar-refractivity contribution in [1.82, 2.24) is 5.32 Å². The van der Waals surface area contributed by atoms with Crippen LogP contribution in [0.5, 0.6) is 0 Å². The first kappa shape index (κ1) is 14.0. The van der Waals surface area contributed by atoms with Gasteiger partial charge in [0.15, 0.2) is 0 Å². The van der Waals surface area contributed by atoms with Crippen LogP contribution in [0.4, 0.5) is 4.39 Å². The topological polar surface area (TPSA) is 49.3 Å². The number of halogens is 1. The largest absolute Gasteiger partial charge is 0.393 e. The van der Waals surface area contributed by atoms with Gasteiger partial charge in [0.1, 0.15) is 5.82 Å². The van der Waals surface area contributed by atoms with Gasteiger partial charge in [-0.05, 0) is 43.5 Å². The second kappa shape index (κ2) is 6.15. The maximum atomic E-state index is 13.1. The zero-order valence-corrected chi connectivity index (χ0v) is 11.2. The maximum absolute atomic E-state index is 13.1. The summed E-state index contributed by atoms with van der Waals surface area (Å²) < 4.78 is 13.1. The van der Waals surface area contributed by atoms with Crippen LogP contribution in [0.3, 0.4) is 0 Å². The van der Waals surface area contributed by atoms with Gasteiger partial charge >= 0.3 is 0 Å². The van der Waals surface area contributed by atoms with Crippen LogP contribution >= 0.6 is 0 Å². The van der Waals surface area contributed by atoms with Crippen molar-refractivity contribution in [2.75, 3.05) is 6.54 Å². The number of hydrogen-bond donors (Lipinski definition) is 2. The Morgan fingerprint density at radius 3 is 2.84 bits per heavy atom. The molecule has 104 valence electrons. The summed E-state index contributed by atoms with van der Waals surface area (Å²) in [4.78, 5) is 11.9. The van der Waals surface area contributed by atoms with E-state index in [1.54, 1.807) is 13.0 Å². The van der Waals surface area contributed by atoms with Crippen molar-refractivity contribution in [2.45, 2.75) is 38.7 Å². The number of rotatable bonds is 3. The maximum Gasteiger partial charge on any atom is 0.251 e. The van der Waals surface area contributed by atoms with Crippen molar-refractivity contribution in [1.29, 1.82) is 0 Å². The highest BCUT2D eigenvalue weighted by Gasteiger charge is 2.23. The molecule has 0 aromatic heterocycles. The van der Waals surface area contributed by atoms with E-state index in [4.69, 9.17) is 0 Å². The van der Waals surface area contributed by atoms with Crippen molar-refractivity contribution in [2.24, 2.45) is 5.92 Å². The van der Waals surface area contributed by atoms with Gasteiger partial charge in [0.25, 0.3) is 5.91 Å². The standard InChI is InChI=1S/C15H20FNO2/c1-10-8-11(6-7-13(10)16)15(19)17-9-12-4-2-3-5-14(12)18/h6-8,12,14,18H,2-5,9H2,1H3,(H,17,19). The molecule has 4 heteroatoms. The molecule has 3 nitrogen and oxygen atoms in total. The van der Waals surface area contributed by atoms with Crippen LogP contribution < -0.4 is 5.32 Å². The fourth-order valence-electron chi connectivity index (χ4n) is 2.54. The van der Waals surface area contributed by atoms with E-state index in [-0.39, 0.29) is 23.7 Å². The Morgan fingerprint density at radius 2 is 2.16 bits per heavy atom. The quantitative estimate of drug-likeness (QED) is 0.881. The zero-order chi connectivity index (χ0) is 13.8. The van der Waals surface area contributed by atoms with Crippen LogP contribution in [0.25, 0.3) is 0 Å². The Hall–Kier alpha value is -1.42. The first-order valence-corrected chi connectivity index (χ1v) is 6.80. The molecule has 1 aliphatic carbocycles. The number of amides is 1. The van der Waals surface area contributed by atoms with Crippen LogP contribution in [0.2, 0.25) is 0 Å². The highest BCUT2D eigenvalue weighted by Crippen LogP contribution is 2.23. The van der Waals surface area contributed by atoms with Crippen molar-refractivity contribution < 1.29 is 14.3 Å². The fourth-order valence-corrected chi connectivity index (χ4v) is 2.54. The molecule has 1 aliphatic rings. The van der Waals surface area contributed by atoms with Gasteiger partial charge in [-0.1, -0.05) is 12.8 Å². The fraction of sp³-hybridized carbons (Fsp3) is 0.533. The van der Waals surface area contributed by atoms with Crippen molar-refractivity contribution in [3.63, 3.8) is 0 Å². The Kier molecular flexibility index (Phi) is 4.53. The SMILES string of the molecule is Cc1cc(C(=O)NCC2CCCCC2O)ccc1F. The van der Waals surface area contributed by atoms with Crippen molar-refractivity contribution >= 4 is 5.91 Å². The van der Waals surface area contributed by atoms with Gasteiger partial charge in [0.05, 0.1) is 6.10 Å². The molecule has 1 amide bonds. The summed E-state index contributed by atoms with van der Waals surface area (Å²) in [5.41, 5.74) is 0.926. The monoisotopic (exact) mass is 265 g/mol. The Balaban J connectivity index is 1.91. The van der Waals surface area contributed by atoms with Crippen LogP contribution in [0.1, 0.15) is 41.6 Å². The zero-order valence-electron chi connectivity index (χ0n) is 11.2. The molecule has 0 aliphatic heterocycles. The molecular formula is C15H20FNO2. The number of aliphatic hydroxyl groups is 1. The van der Waals surface area contributed by atoms with E-state index < -0.39 is 0 Å². The molecule has 19 heavy (non-hydrogen) atoms. The van der Waals surface area contributed by atoms with Crippen LogP contribution in [0, 0.1) is 18.7 Å². The minimum Gasteiger partial charge on any atom is -0.393 e. The molecule has 1 saturated carbocycles. The minimum absolute atomic E-state index is 0.138. The lowest BCUT2D eigenvalue weighted by molar-refractivity contribution is 0.0663. The van der Waals surface area contributed by atoms with Gasteiger partial charge in [-0.2, -0.15) is 0 Å². The molecule has 0 spiro atoms. The van der Waals surface area contributed by atoms with Crippen molar-refractivity contribution in [3.05, 3.63) is 35.1 Å². The van der Waals surface area contributed by atoms with Gasteiger partial charge in [-0.15, -0.1) is 0 Å². The third-order valence-electron chi connectivity index (χ3n) is 3.81. The molecule has 1 fully saturated rings. The van der Waals surface area contributed by atoms with Crippen LogP contribution in [-0.4, -0.2) is 23.7 Å². The molecule has 0 saturated heterocycles. The Labute approximate surface area is 112 Å². The molecule has 0 heterocycles. The predicted molar refractivity (Wildman–Crippen MR) is 71.4 cm³/mol. The number of hydrogen-bond acceptors (Lipinski definition) is 2. The molecule has 0 radical (unpaired) electrons. The van der Waals surface area contributed by atoms with E-state index in [1.807, 2.05) is 0 Å². The molecule has 0 bridgehead atoms. The van der Waals surface area contributed by atoms with E-state index in [0.29, 0.717) is 17.7 Å². The minimum atomic E-state index is -0.316. The van der Waals surface area contributed by atoms with Crippen LogP contribution in [-0.2, 0) is 0 Å². The van der Waals surface area contributed by atoms with Crippen LogP contribution in [0.15, 0.2) is 18.2 Å². The summed E-state index contributed by atoms with van der Waals surface area (Å²) in [7, 11) is 0. The summed E-state index contributed by atoms with van der Waals surface area (Å²) in [6, 6.07) is 4.33. The predicted octanol–water partition coefficient (Wildman–Crippen LogP) is 2.42. The lowest BCUT2D eigenvalue weighted by Crippen LogP contribution is -2.36. The van der Waals surface area contributed by atoms with Gasteiger partial charge < -0.3 is 10.4 Å². The second-order valence-corrected chi connectivity index (χ2v) is 5.29. The van der Waals surface area contributed by atoms with Gasteiger partial charge in [-0.25, -0.2) is 4.39 Å². The third-order valence-corrected chi connectivity index (χ3v) is 3.81. The summed E-state index contributed by atoms with van der Waals surface area (Å²) in [5.74, 6) is -0.376. The normalized spacial score (nSPS) is 23.1. The number of benzene rings is 1. The van der Waals surface area contributed by atoms with E-state index in [2.05, 4.69) is 5.32 Å². The number of carbonyl (C=O) groups is 1. The lowest BCUT2D eigenvalue weighted by atomic mass is 9.86. The van der Waals surface area contributed by atoms with Gasteiger partial charge in [0, 0.05) is 18.0 Å². The van der Waals surface area contributed by atoms with E-state index in [1.165, 1.54) is 12.1 Å². The highest BCUT2D eigenvalue weighted by molar-refractivity contribution is 5.94. The summed E-state index contributed by atoms with van der Waals surface area (Å²) >= 11 is 0. The van der Waals surface area contributed by atoms with E-state index in [0.717, 1.165) is 25.7 Å². The number of aryl methyl sites for hydroxylation is 1. The van der Waals surface area contributed by atoms with Crippen molar-refractivity contribution in [3.8, 4) is 0 Å². The van der Waals surface area contributed by atoms with Gasteiger partial charge in [0.2, 0.25) is 0 Å². The first-order chi connectivity index (χ1) is 9.08. The summed E-state index contributed by atoms with van der Waals surface area (Å²) in [6.07, 6.45) is 3.61. The molecule has 2 N–H and O–H groups in total. The Bertz CT molecular complexity index is 461. The molecule has 2 rings (SSSR count). The molecule has 1 aromatic carbocycles. The van der Waals surface area contributed by atoms with E-state index in [9.17, 15) is 14.3 Å². The van der Waals surface area contributed by atoms with E-state index >= 15 is 0 Å². The highest BCUT2D eigenvalue weighted by atomic mass is 19.1. The summed E-state index contributed by atoms with van der Waals surface area (Å²) in [5, 5.41) is 12.7. The van der Waals surface area contributed by atoms with Gasteiger partial charge in [-0.3, -0.25) is 4.79 Å². The number of aliphatic hydroxyl groups excluding tert-OH is 1. The molecule has 2 atom stereocenters. The molecular weight excluding hydrogens is 245 g/mol. The lowest BCUT2D eigenvalue weighted by Gasteiger charge is -2.27. The smallest absolute Gasteiger partial charge is 0.251 e. The number of nitrogens with one attached hydrogen (secondary N) is 1. The first-order valence-electron chi connectivity index (χ1n) is 6.80. The summed E-state index contributed by atoms with van der Waals surface area (Å²) in [6.45, 7) is 2.12. The second-order valence-electron chi connectivity index (χ2n) is 5.29. The molecule has 2 unspecified atom stereocenters. The Morgan fingerprint density at radius 1 is 1.42 bits per heavy atom. The average molecular weight is 265 g/mol. The third kappa shape index (κ3) is 3.53. The molecule has 1 aromatic rings.